The van der Waals surface area contributed by atoms with E-state index in [9.17, 15) is 9.59 Å². The minimum absolute atomic E-state index is 0.00953. The lowest BCUT2D eigenvalue weighted by atomic mass is 10.1. The number of hydrogen-bond donors (Lipinski definition) is 0. The molecule has 0 atom stereocenters. The molecule has 1 rings (SSSR count). The van der Waals surface area contributed by atoms with Crippen LogP contribution in [0.1, 0.15) is 38.5 Å². The predicted molar refractivity (Wildman–Crippen MR) is 59.3 cm³/mol. The smallest absolute Gasteiger partial charge is 0.344 e. The normalized spacial score (nSPS) is 17.6. The summed E-state index contributed by atoms with van der Waals surface area (Å²) in [6.07, 6.45) is 6.41. The molecule has 0 aliphatic heterocycles. The fraction of sp³-hybridized carbons (Fsp3) is 0.818. The molecule has 5 heteroatoms. The number of halogens is 1. The fourth-order valence-corrected chi connectivity index (χ4v) is 1.83. The molecular formula is C11H17ClO4. The van der Waals surface area contributed by atoms with Crippen molar-refractivity contribution in [3.8, 4) is 0 Å². The molecule has 1 fully saturated rings. The number of carbonyl (C=O) groups excluding carboxylic acids is 2. The standard InChI is InChI=1S/C11H17ClO4/c12-7-10(13)15-8-11(14)16-9-5-3-1-2-4-6-9/h9H,1-8H2. The molecule has 0 aromatic carbocycles. The van der Waals surface area contributed by atoms with Gasteiger partial charge in [-0.05, 0) is 25.7 Å². The summed E-state index contributed by atoms with van der Waals surface area (Å²) in [6, 6.07) is 0. The molecule has 0 aromatic rings. The lowest BCUT2D eigenvalue weighted by Gasteiger charge is -2.15. The van der Waals surface area contributed by atoms with Crippen molar-refractivity contribution >= 4 is 23.5 Å². The third kappa shape index (κ3) is 5.35. The Morgan fingerprint density at radius 2 is 1.69 bits per heavy atom. The first-order valence-corrected chi connectivity index (χ1v) is 6.17. The van der Waals surface area contributed by atoms with E-state index in [0.29, 0.717) is 0 Å². The Bertz CT molecular complexity index is 234. The molecule has 0 bridgehead atoms. The van der Waals surface area contributed by atoms with Crippen molar-refractivity contribution in [2.45, 2.75) is 44.6 Å². The average molecular weight is 249 g/mol. The molecule has 0 N–H and O–H groups in total. The first-order chi connectivity index (χ1) is 7.72. The minimum Gasteiger partial charge on any atom is -0.460 e. The zero-order chi connectivity index (χ0) is 11.8. The van der Waals surface area contributed by atoms with Crippen LogP contribution in [0.5, 0.6) is 0 Å². The first kappa shape index (κ1) is 13.3. The molecule has 92 valence electrons. The van der Waals surface area contributed by atoms with Crippen LogP contribution >= 0.6 is 11.6 Å². The number of esters is 2. The van der Waals surface area contributed by atoms with Crippen LogP contribution in [0.4, 0.5) is 0 Å². The summed E-state index contributed by atoms with van der Waals surface area (Å²) < 4.78 is 9.79. The maximum absolute atomic E-state index is 11.3. The number of ether oxygens (including phenoxy) is 2. The van der Waals surface area contributed by atoms with Gasteiger partial charge in [0.15, 0.2) is 6.61 Å². The number of alkyl halides is 1. The summed E-state index contributed by atoms with van der Waals surface area (Å²) in [7, 11) is 0. The quantitative estimate of drug-likeness (QED) is 0.434. The van der Waals surface area contributed by atoms with Crippen LogP contribution in [0.15, 0.2) is 0 Å². The van der Waals surface area contributed by atoms with Gasteiger partial charge >= 0.3 is 11.9 Å². The van der Waals surface area contributed by atoms with E-state index in [0.717, 1.165) is 25.7 Å². The second-order valence-electron chi connectivity index (χ2n) is 3.90. The molecule has 0 radical (unpaired) electrons. The Balaban J connectivity index is 2.19. The van der Waals surface area contributed by atoms with Crippen LogP contribution in [0.3, 0.4) is 0 Å². The molecule has 0 spiro atoms. The third-order valence-electron chi connectivity index (χ3n) is 2.56. The van der Waals surface area contributed by atoms with Crippen LogP contribution in [0, 0.1) is 0 Å². The van der Waals surface area contributed by atoms with Crippen LogP contribution in [-0.4, -0.2) is 30.5 Å². The van der Waals surface area contributed by atoms with Crippen LogP contribution < -0.4 is 0 Å². The van der Waals surface area contributed by atoms with Gasteiger partial charge in [0.2, 0.25) is 0 Å². The summed E-state index contributed by atoms with van der Waals surface area (Å²) in [5.41, 5.74) is 0. The van der Waals surface area contributed by atoms with Gasteiger partial charge in [0.1, 0.15) is 12.0 Å². The van der Waals surface area contributed by atoms with Crippen molar-refractivity contribution < 1.29 is 19.1 Å². The highest BCUT2D eigenvalue weighted by Gasteiger charge is 2.17. The van der Waals surface area contributed by atoms with E-state index in [4.69, 9.17) is 16.3 Å². The van der Waals surface area contributed by atoms with Crippen molar-refractivity contribution in [3.63, 3.8) is 0 Å². The Morgan fingerprint density at radius 1 is 1.06 bits per heavy atom. The van der Waals surface area contributed by atoms with Crippen molar-refractivity contribution in [3.05, 3.63) is 0 Å². The monoisotopic (exact) mass is 248 g/mol. The Hall–Kier alpha value is -0.770. The van der Waals surface area contributed by atoms with Crippen molar-refractivity contribution in [2.24, 2.45) is 0 Å². The Morgan fingerprint density at radius 3 is 2.25 bits per heavy atom. The first-order valence-electron chi connectivity index (χ1n) is 5.63. The molecule has 16 heavy (non-hydrogen) atoms. The third-order valence-corrected chi connectivity index (χ3v) is 2.78. The zero-order valence-electron chi connectivity index (χ0n) is 9.25. The van der Waals surface area contributed by atoms with E-state index in [1.54, 1.807) is 0 Å². The average Bonchev–Trinajstić information content (AvgIpc) is 2.54. The fourth-order valence-electron chi connectivity index (χ4n) is 1.76. The van der Waals surface area contributed by atoms with Crippen molar-refractivity contribution in [1.29, 1.82) is 0 Å². The zero-order valence-corrected chi connectivity index (χ0v) is 10.0. The summed E-state index contributed by atoms with van der Waals surface area (Å²) in [6.45, 7) is -0.331. The second-order valence-corrected chi connectivity index (χ2v) is 4.17. The van der Waals surface area contributed by atoms with Crippen LogP contribution in [0.2, 0.25) is 0 Å². The molecule has 4 nitrogen and oxygen atoms in total. The molecule has 0 aromatic heterocycles. The van der Waals surface area contributed by atoms with E-state index in [1.165, 1.54) is 12.8 Å². The highest BCUT2D eigenvalue weighted by atomic mass is 35.5. The molecule has 1 saturated carbocycles. The maximum Gasteiger partial charge on any atom is 0.344 e. The molecule has 0 amide bonds. The maximum atomic E-state index is 11.3. The van der Waals surface area contributed by atoms with E-state index in [-0.39, 0.29) is 18.6 Å². The predicted octanol–water partition coefficient (Wildman–Crippen LogP) is 2.03. The molecule has 1 aliphatic carbocycles. The highest BCUT2D eigenvalue weighted by Crippen LogP contribution is 2.19. The van der Waals surface area contributed by atoms with E-state index < -0.39 is 11.9 Å². The van der Waals surface area contributed by atoms with Gasteiger partial charge in [0.25, 0.3) is 0 Å². The molecule has 1 aliphatic rings. The summed E-state index contributed by atoms with van der Waals surface area (Å²) in [5.74, 6) is -1.32. The number of hydrogen-bond acceptors (Lipinski definition) is 4. The molecule has 0 heterocycles. The van der Waals surface area contributed by atoms with Crippen LogP contribution in [0.25, 0.3) is 0 Å². The number of carbonyl (C=O) groups is 2. The lowest BCUT2D eigenvalue weighted by Crippen LogP contribution is -2.23. The van der Waals surface area contributed by atoms with Gasteiger partial charge < -0.3 is 9.47 Å². The summed E-state index contributed by atoms with van der Waals surface area (Å²) >= 11 is 5.22. The van der Waals surface area contributed by atoms with Crippen molar-refractivity contribution in [2.75, 3.05) is 12.5 Å². The topological polar surface area (TPSA) is 52.6 Å². The van der Waals surface area contributed by atoms with Gasteiger partial charge in [0, 0.05) is 0 Å². The van der Waals surface area contributed by atoms with Gasteiger partial charge in [-0.1, -0.05) is 12.8 Å². The van der Waals surface area contributed by atoms with E-state index in [1.807, 2.05) is 0 Å². The van der Waals surface area contributed by atoms with Gasteiger partial charge in [-0.3, -0.25) is 4.79 Å². The SMILES string of the molecule is O=C(CCl)OCC(=O)OC1CCCCCC1. The Kier molecular flexibility index (Phi) is 6.23. The summed E-state index contributed by atoms with van der Waals surface area (Å²) in [4.78, 5) is 22.0. The lowest BCUT2D eigenvalue weighted by molar-refractivity contribution is -0.161. The molecule has 0 saturated heterocycles. The Labute approximate surface area is 100 Å². The molecular weight excluding hydrogens is 232 g/mol. The van der Waals surface area contributed by atoms with Gasteiger partial charge in [-0.25, -0.2) is 4.79 Å². The molecule has 0 unspecified atom stereocenters. The summed E-state index contributed by atoms with van der Waals surface area (Å²) in [5, 5.41) is 0. The minimum atomic E-state index is -0.598. The van der Waals surface area contributed by atoms with Crippen molar-refractivity contribution in [1.82, 2.24) is 0 Å². The van der Waals surface area contributed by atoms with Crippen LogP contribution in [-0.2, 0) is 19.1 Å². The van der Waals surface area contributed by atoms with Gasteiger partial charge in [0.05, 0.1) is 0 Å². The number of rotatable bonds is 4. The second kappa shape index (κ2) is 7.49. The largest absolute Gasteiger partial charge is 0.460 e. The van der Waals surface area contributed by atoms with Gasteiger partial charge in [-0.15, -0.1) is 11.6 Å². The van der Waals surface area contributed by atoms with E-state index in [2.05, 4.69) is 4.74 Å². The highest BCUT2D eigenvalue weighted by molar-refractivity contribution is 6.26. The van der Waals surface area contributed by atoms with Gasteiger partial charge in [-0.2, -0.15) is 0 Å². The van der Waals surface area contributed by atoms with E-state index >= 15 is 0 Å².